The van der Waals surface area contributed by atoms with Crippen LogP contribution in [0.25, 0.3) is 0 Å². The number of unbranched alkanes of at least 4 members (excludes halogenated alkanes) is 2. The van der Waals surface area contributed by atoms with Crippen LogP contribution in [0.15, 0.2) is 0 Å². The van der Waals surface area contributed by atoms with Crippen molar-refractivity contribution in [2.45, 2.75) is 53.4 Å². The largest absolute Gasteiger partial charge is 0.380 e. The van der Waals surface area contributed by atoms with Crippen LogP contribution in [-0.4, -0.2) is 38.3 Å². The Morgan fingerprint density at radius 3 is 2.00 bits per heavy atom. The van der Waals surface area contributed by atoms with Gasteiger partial charge in [-0.15, -0.1) is 0 Å². The van der Waals surface area contributed by atoms with Gasteiger partial charge in [0.25, 0.3) is 0 Å². The van der Waals surface area contributed by atoms with E-state index < -0.39 is 0 Å². The summed E-state index contributed by atoms with van der Waals surface area (Å²) in [7, 11) is 2.16. The van der Waals surface area contributed by atoms with E-state index in [0.29, 0.717) is 0 Å². The van der Waals surface area contributed by atoms with Gasteiger partial charge in [0.15, 0.2) is 0 Å². The quantitative estimate of drug-likeness (QED) is 0.576. The molecule has 0 saturated carbocycles. The van der Waals surface area contributed by atoms with Gasteiger partial charge in [-0.05, 0) is 26.9 Å². The molecule has 0 atom stereocenters. The SMILES string of the molecule is CCC.CCCCCN(C)CCOCC. The fourth-order valence-electron chi connectivity index (χ4n) is 1.11. The molecule has 0 rings (SSSR count). The topological polar surface area (TPSA) is 12.5 Å². The van der Waals surface area contributed by atoms with Crippen molar-refractivity contribution in [2.24, 2.45) is 0 Å². The molecule has 0 aliphatic carbocycles. The minimum atomic E-state index is 0.836. The highest BCUT2D eigenvalue weighted by Gasteiger charge is 1.96. The molecule has 0 fully saturated rings. The highest BCUT2D eigenvalue weighted by molar-refractivity contribution is 4.50. The normalized spacial score (nSPS) is 10.0. The molecule has 0 bridgehead atoms. The van der Waals surface area contributed by atoms with E-state index in [1.165, 1.54) is 32.2 Å². The van der Waals surface area contributed by atoms with Gasteiger partial charge in [0.2, 0.25) is 0 Å². The third-order valence-corrected chi connectivity index (χ3v) is 1.96. The van der Waals surface area contributed by atoms with Crippen LogP contribution in [0.1, 0.15) is 53.4 Å². The van der Waals surface area contributed by atoms with Crippen LogP contribution in [0.3, 0.4) is 0 Å². The van der Waals surface area contributed by atoms with E-state index in [2.05, 4.69) is 32.7 Å². The lowest BCUT2D eigenvalue weighted by Crippen LogP contribution is -2.24. The third-order valence-electron chi connectivity index (χ3n) is 1.96. The summed E-state index contributed by atoms with van der Waals surface area (Å²) in [5, 5.41) is 0. The molecule has 0 aliphatic rings. The predicted molar refractivity (Wildman–Crippen MR) is 69.5 cm³/mol. The molecule has 0 heterocycles. The first kappa shape index (κ1) is 17.3. The number of rotatable bonds is 8. The molecular weight excluding hydrogens is 186 g/mol. The summed E-state index contributed by atoms with van der Waals surface area (Å²) in [6, 6.07) is 0. The summed E-state index contributed by atoms with van der Waals surface area (Å²) in [6.45, 7) is 12.5. The fraction of sp³-hybridized carbons (Fsp3) is 1.00. The van der Waals surface area contributed by atoms with Crippen molar-refractivity contribution >= 4 is 0 Å². The maximum absolute atomic E-state index is 5.27. The molecule has 0 radical (unpaired) electrons. The molecular formula is C13H31NO. The number of nitrogens with zero attached hydrogens (tertiary/aromatic N) is 1. The van der Waals surface area contributed by atoms with E-state index in [1.54, 1.807) is 0 Å². The molecule has 94 valence electrons. The van der Waals surface area contributed by atoms with Crippen molar-refractivity contribution in [2.75, 3.05) is 33.4 Å². The zero-order chi connectivity index (χ0) is 11.9. The molecule has 2 heteroatoms. The number of hydrogen-bond acceptors (Lipinski definition) is 2. The van der Waals surface area contributed by atoms with Gasteiger partial charge in [0.05, 0.1) is 6.61 Å². The molecule has 0 unspecified atom stereocenters. The Bertz CT molecular complexity index is 86.5. The minimum Gasteiger partial charge on any atom is -0.380 e. The molecule has 0 N–H and O–H groups in total. The van der Waals surface area contributed by atoms with Crippen molar-refractivity contribution in [1.82, 2.24) is 4.90 Å². The Labute approximate surface area is 97.0 Å². The molecule has 0 aromatic heterocycles. The minimum absolute atomic E-state index is 0.836. The van der Waals surface area contributed by atoms with Gasteiger partial charge in [-0.2, -0.15) is 0 Å². The summed E-state index contributed by atoms with van der Waals surface area (Å²) in [5.41, 5.74) is 0. The smallest absolute Gasteiger partial charge is 0.0593 e. The highest BCUT2D eigenvalue weighted by atomic mass is 16.5. The van der Waals surface area contributed by atoms with Gasteiger partial charge in [-0.3, -0.25) is 0 Å². The second kappa shape index (κ2) is 16.4. The van der Waals surface area contributed by atoms with Crippen LogP contribution < -0.4 is 0 Å². The van der Waals surface area contributed by atoms with E-state index in [9.17, 15) is 0 Å². The molecule has 0 aliphatic heterocycles. The summed E-state index contributed by atoms with van der Waals surface area (Å²) < 4.78 is 5.27. The Morgan fingerprint density at radius 2 is 1.53 bits per heavy atom. The average Bonchev–Trinajstić information content (AvgIpc) is 2.20. The van der Waals surface area contributed by atoms with Gasteiger partial charge >= 0.3 is 0 Å². The van der Waals surface area contributed by atoms with Gasteiger partial charge < -0.3 is 9.64 Å². The predicted octanol–water partition coefficient (Wildman–Crippen LogP) is 3.56. The number of ether oxygens (including phenoxy) is 1. The van der Waals surface area contributed by atoms with Gasteiger partial charge in [0.1, 0.15) is 0 Å². The monoisotopic (exact) mass is 217 g/mol. The molecule has 15 heavy (non-hydrogen) atoms. The van der Waals surface area contributed by atoms with Crippen LogP contribution in [0.4, 0.5) is 0 Å². The highest BCUT2D eigenvalue weighted by Crippen LogP contribution is 1.95. The molecule has 0 aromatic rings. The first-order valence-electron chi connectivity index (χ1n) is 6.49. The van der Waals surface area contributed by atoms with Gasteiger partial charge in [-0.25, -0.2) is 0 Å². The van der Waals surface area contributed by atoms with E-state index in [1.807, 2.05) is 6.92 Å². The van der Waals surface area contributed by atoms with E-state index >= 15 is 0 Å². The summed E-state index contributed by atoms with van der Waals surface area (Å²) in [6.07, 6.45) is 5.22. The van der Waals surface area contributed by atoms with Crippen LogP contribution >= 0.6 is 0 Å². The molecule has 2 nitrogen and oxygen atoms in total. The van der Waals surface area contributed by atoms with Gasteiger partial charge in [-0.1, -0.05) is 40.0 Å². The second-order valence-electron chi connectivity index (χ2n) is 3.91. The zero-order valence-electron chi connectivity index (χ0n) is 11.5. The maximum atomic E-state index is 5.27. The van der Waals surface area contributed by atoms with Crippen LogP contribution in [0, 0.1) is 0 Å². The lowest BCUT2D eigenvalue weighted by Gasteiger charge is -2.15. The van der Waals surface area contributed by atoms with E-state index in [4.69, 9.17) is 4.74 Å². The lowest BCUT2D eigenvalue weighted by molar-refractivity contribution is 0.121. The van der Waals surface area contributed by atoms with Crippen molar-refractivity contribution in [3.63, 3.8) is 0 Å². The van der Waals surface area contributed by atoms with Crippen molar-refractivity contribution in [3.8, 4) is 0 Å². The molecule has 0 spiro atoms. The second-order valence-corrected chi connectivity index (χ2v) is 3.91. The van der Waals surface area contributed by atoms with Crippen LogP contribution in [0.5, 0.6) is 0 Å². The Hall–Kier alpha value is -0.0800. The first-order chi connectivity index (χ1) is 7.22. The van der Waals surface area contributed by atoms with Crippen LogP contribution in [-0.2, 0) is 4.74 Å². The van der Waals surface area contributed by atoms with Crippen molar-refractivity contribution in [1.29, 1.82) is 0 Å². The molecule has 0 amide bonds. The fourth-order valence-corrected chi connectivity index (χ4v) is 1.11. The summed E-state index contributed by atoms with van der Waals surface area (Å²) >= 11 is 0. The Kier molecular flexibility index (Phi) is 18.9. The van der Waals surface area contributed by atoms with Crippen molar-refractivity contribution in [3.05, 3.63) is 0 Å². The van der Waals surface area contributed by atoms with E-state index in [0.717, 1.165) is 19.8 Å². The first-order valence-corrected chi connectivity index (χ1v) is 6.49. The van der Waals surface area contributed by atoms with Crippen molar-refractivity contribution < 1.29 is 4.74 Å². The standard InChI is InChI=1S/C10H23NO.C3H8/c1-4-6-7-8-11(3)9-10-12-5-2;1-3-2/h4-10H2,1-3H3;3H2,1-2H3. The average molecular weight is 217 g/mol. The maximum Gasteiger partial charge on any atom is 0.0593 e. The Morgan fingerprint density at radius 1 is 0.933 bits per heavy atom. The third kappa shape index (κ3) is 20.1. The summed E-state index contributed by atoms with van der Waals surface area (Å²) in [4.78, 5) is 2.34. The zero-order valence-corrected chi connectivity index (χ0v) is 11.5. The van der Waals surface area contributed by atoms with Gasteiger partial charge in [0, 0.05) is 13.2 Å². The number of likely N-dealkylation sites (N-methyl/N-ethyl adjacent to an activating group) is 1. The Balaban J connectivity index is 0. The lowest BCUT2D eigenvalue weighted by atomic mass is 10.2. The molecule has 0 saturated heterocycles. The van der Waals surface area contributed by atoms with E-state index in [-0.39, 0.29) is 0 Å². The molecule has 0 aromatic carbocycles. The number of hydrogen-bond donors (Lipinski definition) is 0. The summed E-state index contributed by atoms with van der Waals surface area (Å²) in [5.74, 6) is 0. The van der Waals surface area contributed by atoms with Crippen LogP contribution in [0.2, 0.25) is 0 Å².